The minimum Gasteiger partial charge on any atom is -0.335 e. The van der Waals surface area contributed by atoms with Crippen LogP contribution in [0, 0.1) is 0 Å². The van der Waals surface area contributed by atoms with Gasteiger partial charge in [0.2, 0.25) is 0 Å². The number of carbonyl (C=O) groups is 1. The van der Waals surface area contributed by atoms with Crippen molar-refractivity contribution in [2.24, 2.45) is 5.84 Å². The van der Waals surface area contributed by atoms with E-state index in [1.807, 2.05) is 4.90 Å². The van der Waals surface area contributed by atoms with Gasteiger partial charge in [0, 0.05) is 32.4 Å². The Morgan fingerprint density at radius 2 is 2.12 bits per heavy atom. The minimum absolute atomic E-state index is 0.0322. The van der Waals surface area contributed by atoms with E-state index in [2.05, 4.69) is 22.4 Å². The molecule has 1 aromatic heterocycles. The fraction of sp³-hybridized carbons (Fsp3) is 0.455. The number of likely N-dealkylation sites (N-methyl/N-ethyl adjacent to an activating group) is 1. The molecule has 0 aliphatic carbocycles. The van der Waals surface area contributed by atoms with Crippen LogP contribution in [0.25, 0.3) is 0 Å². The standard InChI is InChI=1S/C11H17N5O/c1-15-4-6-16(7-5-15)11(17)10-8-9(14-12)2-3-13-10/h2-3,8H,4-7,12H2,1H3,(H,13,14). The quantitative estimate of drug-likeness (QED) is 0.546. The van der Waals surface area contributed by atoms with Crippen LogP contribution in [0.1, 0.15) is 10.5 Å². The number of hydrazine groups is 1. The lowest BCUT2D eigenvalue weighted by molar-refractivity contribution is 0.0658. The van der Waals surface area contributed by atoms with Crippen molar-refractivity contribution in [2.45, 2.75) is 0 Å². The summed E-state index contributed by atoms with van der Waals surface area (Å²) in [6.45, 7) is 3.30. The highest BCUT2D eigenvalue weighted by molar-refractivity contribution is 5.93. The summed E-state index contributed by atoms with van der Waals surface area (Å²) in [6, 6.07) is 3.39. The molecule has 6 nitrogen and oxygen atoms in total. The van der Waals surface area contributed by atoms with Gasteiger partial charge in [0.05, 0.1) is 5.69 Å². The van der Waals surface area contributed by atoms with Crippen molar-refractivity contribution >= 4 is 11.6 Å². The van der Waals surface area contributed by atoms with Gasteiger partial charge in [0.15, 0.2) is 0 Å². The number of amides is 1. The Balaban J connectivity index is 2.08. The molecule has 1 saturated heterocycles. The molecule has 0 radical (unpaired) electrons. The van der Waals surface area contributed by atoms with Gasteiger partial charge >= 0.3 is 0 Å². The van der Waals surface area contributed by atoms with Gasteiger partial charge in [0.25, 0.3) is 5.91 Å². The Kier molecular flexibility index (Phi) is 3.55. The lowest BCUT2D eigenvalue weighted by Crippen LogP contribution is -2.47. The zero-order valence-electron chi connectivity index (χ0n) is 9.89. The molecule has 92 valence electrons. The number of carbonyl (C=O) groups excluding carboxylic acids is 1. The van der Waals surface area contributed by atoms with Crippen LogP contribution in [-0.2, 0) is 0 Å². The summed E-state index contributed by atoms with van der Waals surface area (Å²) < 4.78 is 0. The van der Waals surface area contributed by atoms with Crippen molar-refractivity contribution in [3.05, 3.63) is 24.0 Å². The molecule has 0 bridgehead atoms. The lowest BCUT2D eigenvalue weighted by Gasteiger charge is -2.32. The number of pyridine rings is 1. The number of anilines is 1. The molecule has 1 aliphatic rings. The third kappa shape index (κ3) is 2.72. The SMILES string of the molecule is CN1CCN(C(=O)c2cc(NN)ccn2)CC1. The number of nitrogens with one attached hydrogen (secondary N) is 1. The fourth-order valence-electron chi connectivity index (χ4n) is 1.81. The minimum atomic E-state index is -0.0322. The predicted octanol–water partition coefficient (Wildman–Crippen LogP) is -0.245. The Hall–Kier alpha value is -1.66. The molecule has 1 amide bonds. The van der Waals surface area contributed by atoms with Gasteiger partial charge in [-0.1, -0.05) is 0 Å². The normalized spacial score (nSPS) is 16.9. The molecule has 0 aromatic carbocycles. The van der Waals surface area contributed by atoms with Crippen molar-refractivity contribution in [3.63, 3.8) is 0 Å². The van der Waals surface area contributed by atoms with Gasteiger partial charge in [-0.3, -0.25) is 15.6 Å². The Morgan fingerprint density at radius 3 is 2.76 bits per heavy atom. The highest BCUT2D eigenvalue weighted by Crippen LogP contribution is 2.10. The van der Waals surface area contributed by atoms with E-state index in [9.17, 15) is 4.79 Å². The average molecular weight is 235 g/mol. The second kappa shape index (κ2) is 5.11. The maximum atomic E-state index is 12.2. The summed E-state index contributed by atoms with van der Waals surface area (Å²) in [7, 11) is 2.05. The maximum Gasteiger partial charge on any atom is 0.272 e. The van der Waals surface area contributed by atoms with Crippen LogP contribution in [0.15, 0.2) is 18.3 Å². The van der Waals surface area contributed by atoms with Crippen LogP contribution in [0.3, 0.4) is 0 Å². The van der Waals surface area contributed by atoms with Crippen LogP contribution >= 0.6 is 0 Å². The fourth-order valence-corrected chi connectivity index (χ4v) is 1.81. The number of rotatable bonds is 2. The topological polar surface area (TPSA) is 74.5 Å². The first-order valence-electron chi connectivity index (χ1n) is 5.61. The van der Waals surface area contributed by atoms with Gasteiger partial charge < -0.3 is 15.2 Å². The molecular formula is C11H17N5O. The number of nitrogens with two attached hydrogens (primary N) is 1. The summed E-state index contributed by atoms with van der Waals surface area (Å²) in [6.07, 6.45) is 1.58. The van der Waals surface area contributed by atoms with Crippen molar-refractivity contribution in [1.29, 1.82) is 0 Å². The first kappa shape index (κ1) is 11.8. The molecule has 17 heavy (non-hydrogen) atoms. The van der Waals surface area contributed by atoms with Crippen LogP contribution in [0.5, 0.6) is 0 Å². The molecule has 0 spiro atoms. The van der Waals surface area contributed by atoms with Crippen molar-refractivity contribution < 1.29 is 4.79 Å². The van der Waals surface area contributed by atoms with Gasteiger partial charge in [-0.05, 0) is 19.2 Å². The summed E-state index contributed by atoms with van der Waals surface area (Å²) in [5, 5.41) is 0. The van der Waals surface area contributed by atoms with Gasteiger partial charge in [-0.15, -0.1) is 0 Å². The van der Waals surface area contributed by atoms with Crippen molar-refractivity contribution in [2.75, 3.05) is 38.7 Å². The molecular weight excluding hydrogens is 218 g/mol. The first-order chi connectivity index (χ1) is 8.20. The average Bonchev–Trinajstić information content (AvgIpc) is 2.39. The largest absolute Gasteiger partial charge is 0.335 e. The van der Waals surface area contributed by atoms with Gasteiger partial charge in [-0.2, -0.15) is 0 Å². The van der Waals surface area contributed by atoms with E-state index in [0.717, 1.165) is 26.2 Å². The van der Waals surface area contributed by atoms with Crippen LogP contribution in [0.2, 0.25) is 0 Å². The third-order valence-electron chi connectivity index (χ3n) is 2.94. The number of hydrogen-bond donors (Lipinski definition) is 2. The maximum absolute atomic E-state index is 12.2. The zero-order valence-corrected chi connectivity index (χ0v) is 9.89. The number of nitrogen functional groups attached to an aromatic ring is 1. The monoisotopic (exact) mass is 235 g/mol. The van der Waals surface area contributed by atoms with Gasteiger partial charge in [0.1, 0.15) is 5.69 Å². The summed E-state index contributed by atoms with van der Waals surface area (Å²) >= 11 is 0. The predicted molar refractivity (Wildman–Crippen MR) is 65.4 cm³/mol. The molecule has 2 rings (SSSR count). The molecule has 1 aliphatic heterocycles. The van der Waals surface area contributed by atoms with E-state index in [4.69, 9.17) is 5.84 Å². The number of piperazine rings is 1. The lowest BCUT2D eigenvalue weighted by atomic mass is 10.2. The Morgan fingerprint density at radius 1 is 1.41 bits per heavy atom. The number of hydrogen-bond acceptors (Lipinski definition) is 5. The molecule has 0 saturated carbocycles. The summed E-state index contributed by atoms with van der Waals surface area (Å²) in [5.74, 6) is 5.27. The van der Waals surface area contributed by atoms with Gasteiger partial charge in [-0.25, -0.2) is 0 Å². The Bertz CT molecular complexity index is 401. The summed E-state index contributed by atoms with van der Waals surface area (Å²) in [5.41, 5.74) is 3.64. The van der Waals surface area contributed by atoms with Crippen LogP contribution in [-0.4, -0.2) is 53.9 Å². The first-order valence-corrected chi connectivity index (χ1v) is 5.61. The van der Waals surface area contributed by atoms with E-state index < -0.39 is 0 Å². The molecule has 0 unspecified atom stereocenters. The third-order valence-corrected chi connectivity index (χ3v) is 2.94. The van der Waals surface area contributed by atoms with Crippen molar-refractivity contribution in [1.82, 2.24) is 14.8 Å². The highest BCUT2D eigenvalue weighted by atomic mass is 16.2. The van der Waals surface area contributed by atoms with E-state index in [0.29, 0.717) is 11.4 Å². The van der Waals surface area contributed by atoms with E-state index >= 15 is 0 Å². The number of nitrogens with zero attached hydrogens (tertiary/aromatic N) is 3. The molecule has 2 heterocycles. The van der Waals surface area contributed by atoms with E-state index in [1.54, 1.807) is 18.3 Å². The highest BCUT2D eigenvalue weighted by Gasteiger charge is 2.21. The second-order valence-corrected chi connectivity index (χ2v) is 4.17. The smallest absolute Gasteiger partial charge is 0.272 e. The molecule has 0 atom stereocenters. The van der Waals surface area contributed by atoms with Crippen molar-refractivity contribution in [3.8, 4) is 0 Å². The summed E-state index contributed by atoms with van der Waals surface area (Å²) in [4.78, 5) is 20.3. The molecule has 6 heteroatoms. The zero-order chi connectivity index (χ0) is 12.3. The van der Waals surface area contributed by atoms with E-state index in [-0.39, 0.29) is 5.91 Å². The molecule has 3 N–H and O–H groups in total. The molecule has 1 aromatic rings. The van der Waals surface area contributed by atoms with E-state index in [1.165, 1.54) is 0 Å². The molecule has 1 fully saturated rings. The Labute approximate surface area is 100 Å². The number of aromatic nitrogens is 1. The van der Waals surface area contributed by atoms with Crippen LogP contribution in [0.4, 0.5) is 5.69 Å². The van der Waals surface area contributed by atoms with Crippen LogP contribution < -0.4 is 11.3 Å². The second-order valence-electron chi connectivity index (χ2n) is 4.17.